The molecule has 1 amide bonds. The van der Waals surface area contributed by atoms with Gasteiger partial charge in [0.15, 0.2) is 6.61 Å². The van der Waals surface area contributed by atoms with E-state index in [1.807, 2.05) is 25.1 Å². The Morgan fingerprint density at radius 3 is 2.46 bits per heavy atom. The number of carbonyl (C=O) groups is 1. The molecule has 0 aliphatic heterocycles. The number of aryl methyl sites for hydroxylation is 2. The zero-order valence-corrected chi connectivity index (χ0v) is 15.8. The van der Waals surface area contributed by atoms with Crippen molar-refractivity contribution in [1.29, 1.82) is 0 Å². The summed E-state index contributed by atoms with van der Waals surface area (Å²) in [6.07, 6.45) is 0. The molecule has 0 spiro atoms. The molecule has 6 nitrogen and oxygen atoms in total. The van der Waals surface area contributed by atoms with Gasteiger partial charge in [-0.25, -0.2) is 0 Å². The first-order valence-corrected chi connectivity index (χ1v) is 8.37. The van der Waals surface area contributed by atoms with Crippen molar-refractivity contribution in [3.05, 3.63) is 63.2 Å². The minimum absolute atomic E-state index is 0.0690. The summed E-state index contributed by atoms with van der Waals surface area (Å²) in [6.45, 7) is 9.81. The van der Waals surface area contributed by atoms with Gasteiger partial charge in [-0.1, -0.05) is 39.0 Å². The van der Waals surface area contributed by atoms with Crippen LogP contribution >= 0.6 is 0 Å². The minimum atomic E-state index is -0.492. The Hall–Kier alpha value is -2.89. The van der Waals surface area contributed by atoms with E-state index < -0.39 is 4.92 Å². The predicted molar refractivity (Wildman–Crippen MR) is 102 cm³/mol. The maximum Gasteiger partial charge on any atom is 0.271 e. The van der Waals surface area contributed by atoms with Crippen LogP contribution in [0.25, 0.3) is 0 Å². The average molecular weight is 356 g/mol. The van der Waals surface area contributed by atoms with E-state index in [0.717, 1.165) is 16.7 Å². The van der Waals surface area contributed by atoms with Crippen molar-refractivity contribution in [3.8, 4) is 5.75 Å². The van der Waals surface area contributed by atoms with E-state index in [0.29, 0.717) is 11.4 Å². The second-order valence-electron chi connectivity index (χ2n) is 7.34. The van der Waals surface area contributed by atoms with Crippen LogP contribution in [0.1, 0.15) is 37.5 Å². The Balaban J connectivity index is 2.12. The predicted octanol–water partition coefficient (Wildman–Crippen LogP) is 4.53. The van der Waals surface area contributed by atoms with E-state index in [1.165, 1.54) is 12.1 Å². The Kier molecular flexibility index (Phi) is 5.65. The number of amides is 1. The summed E-state index contributed by atoms with van der Waals surface area (Å²) in [4.78, 5) is 22.7. The number of nitro groups is 1. The van der Waals surface area contributed by atoms with E-state index >= 15 is 0 Å². The number of nitrogens with zero attached hydrogens (tertiary/aromatic N) is 1. The van der Waals surface area contributed by atoms with Gasteiger partial charge in [-0.3, -0.25) is 14.9 Å². The maximum atomic E-state index is 12.3. The molecule has 0 aliphatic carbocycles. The summed E-state index contributed by atoms with van der Waals surface area (Å²) >= 11 is 0. The smallest absolute Gasteiger partial charge is 0.271 e. The highest BCUT2D eigenvalue weighted by molar-refractivity contribution is 5.93. The molecular formula is C20H24N2O4. The van der Waals surface area contributed by atoms with Crippen molar-refractivity contribution >= 4 is 17.3 Å². The van der Waals surface area contributed by atoms with Crippen molar-refractivity contribution in [3.63, 3.8) is 0 Å². The zero-order valence-electron chi connectivity index (χ0n) is 15.8. The third-order valence-corrected chi connectivity index (χ3v) is 4.01. The summed E-state index contributed by atoms with van der Waals surface area (Å²) in [5.74, 6) is 0.304. The highest BCUT2D eigenvalue weighted by Gasteiger charge is 2.20. The van der Waals surface area contributed by atoms with Crippen molar-refractivity contribution < 1.29 is 14.5 Å². The number of anilines is 1. The van der Waals surface area contributed by atoms with Gasteiger partial charge in [-0.2, -0.15) is 0 Å². The molecule has 2 rings (SSSR count). The quantitative estimate of drug-likeness (QED) is 0.630. The monoisotopic (exact) mass is 356 g/mol. The molecule has 0 bridgehead atoms. The van der Waals surface area contributed by atoms with Crippen LogP contribution in [0.2, 0.25) is 0 Å². The van der Waals surface area contributed by atoms with Gasteiger partial charge in [0.2, 0.25) is 0 Å². The number of benzene rings is 2. The molecule has 0 aliphatic rings. The van der Waals surface area contributed by atoms with Crippen LogP contribution in [-0.4, -0.2) is 17.4 Å². The molecule has 2 aromatic rings. The number of ether oxygens (including phenoxy) is 1. The molecule has 0 saturated carbocycles. The lowest BCUT2D eigenvalue weighted by Gasteiger charge is -2.23. The van der Waals surface area contributed by atoms with Gasteiger partial charge in [0.05, 0.1) is 10.6 Å². The summed E-state index contributed by atoms with van der Waals surface area (Å²) in [5.41, 5.74) is 3.03. The third-order valence-electron chi connectivity index (χ3n) is 4.01. The largest absolute Gasteiger partial charge is 0.483 e. The van der Waals surface area contributed by atoms with Crippen LogP contribution in [0.4, 0.5) is 11.4 Å². The lowest BCUT2D eigenvalue weighted by atomic mass is 9.86. The molecule has 0 fully saturated rings. The second kappa shape index (κ2) is 7.56. The molecule has 1 N–H and O–H groups in total. The van der Waals surface area contributed by atoms with Gasteiger partial charge in [0.25, 0.3) is 11.6 Å². The van der Waals surface area contributed by atoms with Gasteiger partial charge in [-0.15, -0.1) is 0 Å². The third kappa shape index (κ3) is 4.81. The van der Waals surface area contributed by atoms with Gasteiger partial charge < -0.3 is 10.1 Å². The molecule has 0 radical (unpaired) electrons. The number of hydrogen-bond donors (Lipinski definition) is 1. The Bertz CT molecular complexity index is 838. The van der Waals surface area contributed by atoms with Crippen LogP contribution in [0.15, 0.2) is 36.4 Å². The van der Waals surface area contributed by atoms with Crippen LogP contribution in [0.3, 0.4) is 0 Å². The fourth-order valence-corrected chi connectivity index (χ4v) is 2.56. The fourth-order valence-electron chi connectivity index (χ4n) is 2.56. The minimum Gasteiger partial charge on any atom is -0.483 e. The molecule has 138 valence electrons. The highest BCUT2D eigenvalue weighted by Crippen LogP contribution is 2.32. The summed E-state index contributed by atoms with van der Waals surface area (Å²) in [5, 5.41) is 13.6. The van der Waals surface area contributed by atoms with Crippen LogP contribution < -0.4 is 10.1 Å². The molecule has 26 heavy (non-hydrogen) atoms. The molecule has 0 saturated heterocycles. The Labute approximate surface area is 153 Å². The lowest BCUT2D eigenvalue weighted by Crippen LogP contribution is -2.22. The normalized spacial score (nSPS) is 11.1. The highest BCUT2D eigenvalue weighted by atomic mass is 16.6. The zero-order chi connectivity index (χ0) is 19.5. The molecule has 2 aromatic carbocycles. The number of non-ortho nitro benzene ring substituents is 1. The standard InChI is InChI=1S/C20H24N2O4/c1-13-6-9-16(20(3,4)5)18(10-13)26-12-19(23)21-17-11-15(22(24)25)8-7-14(17)2/h6-11H,12H2,1-5H3,(H,21,23). The SMILES string of the molecule is Cc1ccc(C(C)(C)C)c(OCC(=O)Nc2cc([N+](=O)[O-])ccc2C)c1. The number of rotatable bonds is 5. The lowest BCUT2D eigenvalue weighted by molar-refractivity contribution is -0.384. The van der Waals surface area contributed by atoms with Crippen molar-refractivity contribution in [2.24, 2.45) is 0 Å². The summed E-state index contributed by atoms with van der Waals surface area (Å²) in [7, 11) is 0. The Morgan fingerprint density at radius 1 is 1.15 bits per heavy atom. The van der Waals surface area contributed by atoms with Gasteiger partial charge in [0.1, 0.15) is 5.75 Å². The maximum absolute atomic E-state index is 12.3. The molecule has 0 unspecified atom stereocenters. The van der Waals surface area contributed by atoms with E-state index in [-0.39, 0.29) is 23.6 Å². The first kappa shape index (κ1) is 19.4. The number of nitro benzene ring substituents is 1. The topological polar surface area (TPSA) is 81.5 Å². The molecule has 6 heteroatoms. The number of nitrogens with one attached hydrogen (secondary N) is 1. The first-order valence-electron chi connectivity index (χ1n) is 8.37. The Morgan fingerprint density at radius 2 is 1.85 bits per heavy atom. The number of carbonyl (C=O) groups excluding carboxylic acids is 1. The fraction of sp³-hybridized carbons (Fsp3) is 0.350. The average Bonchev–Trinajstić information content (AvgIpc) is 2.53. The molecular weight excluding hydrogens is 332 g/mol. The van der Waals surface area contributed by atoms with Crippen LogP contribution in [0, 0.1) is 24.0 Å². The van der Waals surface area contributed by atoms with Crippen molar-refractivity contribution in [2.75, 3.05) is 11.9 Å². The summed E-state index contributed by atoms with van der Waals surface area (Å²) < 4.78 is 5.75. The number of hydrogen-bond acceptors (Lipinski definition) is 4. The molecule has 0 atom stereocenters. The van der Waals surface area contributed by atoms with Gasteiger partial charge in [0, 0.05) is 12.1 Å². The van der Waals surface area contributed by atoms with Crippen LogP contribution in [0.5, 0.6) is 5.75 Å². The first-order chi connectivity index (χ1) is 12.1. The molecule has 0 aromatic heterocycles. The van der Waals surface area contributed by atoms with Gasteiger partial charge in [-0.05, 0) is 42.0 Å². The van der Waals surface area contributed by atoms with Crippen molar-refractivity contribution in [2.45, 2.75) is 40.0 Å². The van der Waals surface area contributed by atoms with Crippen molar-refractivity contribution in [1.82, 2.24) is 0 Å². The summed E-state index contributed by atoms with van der Waals surface area (Å²) in [6, 6.07) is 10.3. The van der Waals surface area contributed by atoms with E-state index in [4.69, 9.17) is 4.74 Å². The van der Waals surface area contributed by atoms with E-state index in [2.05, 4.69) is 26.1 Å². The van der Waals surface area contributed by atoms with Gasteiger partial charge >= 0.3 is 0 Å². The second-order valence-corrected chi connectivity index (χ2v) is 7.34. The molecule has 0 heterocycles. The van der Waals surface area contributed by atoms with E-state index in [9.17, 15) is 14.9 Å². The van der Waals surface area contributed by atoms with E-state index in [1.54, 1.807) is 13.0 Å². The van der Waals surface area contributed by atoms with Crippen LogP contribution in [-0.2, 0) is 10.2 Å².